The zero-order valence-electron chi connectivity index (χ0n) is 19.3. The number of benzene rings is 3. The molecular weight excluding hydrogens is 464 g/mol. The third-order valence-corrected chi connectivity index (χ3v) is 5.63. The quantitative estimate of drug-likeness (QED) is 0.292. The summed E-state index contributed by atoms with van der Waals surface area (Å²) in [5, 5.41) is 11.6. The van der Waals surface area contributed by atoms with Gasteiger partial charge in [0.2, 0.25) is 0 Å². The molecule has 1 atom stereocenters. The van der Waals surface area contributed by atoms with Gasteiger partial charge in [0.05, 0.1) is 0 Å². The minimum absolute atomic E-state index is 0.251. The molecule has 0 spiro atoms. The number of nitrogens with one attached hydrogen (secondary N) is 2. The van der Waals surface area contributed by atoms with Crippen molar-refractivity contribution in [2.24, 2.45) is 0 Å². The Kier molecular flexibility index (Phi) is 7.34. The summed E-state index contributed by atoms with van der Waals surface area (Å²) < 4.78 is 27.1. The normalized spacial score (nSPS) is 12.2. The summed E-state index contributed by atoms with van der Waals surface area (Å²) in [5.74, 6) is -1.76. The van der Waals surface area contributed by atoms with Gasteiger partial charge in [0.15, 0.2) is 0 Å². The molecule has 0 fully saturated rings. The molecule has 8 heteroatoms. The van der Waals surface area contributed by atoms with Crippen LogP contribution in [-0.2, 0) is 11.2 Å². The summed E-state index contributed by atoms with van der Waals surface area (Å²) in [5.41, 5.74) is 3.74. The molecule has 0 aliphatic carbocycles. The molecule has 36 heavy (non-hydrogen) atoms. The predicted molar refractivity (Wildman–Crippen MR) is 133 cm³/mol. The van der Waals surface area contributed by atoms with E-state index in [4.69, 9.17) is 0 Å². The van der Waals surface area contributed by atoms with Crippen LogP contribution in [0.1, 0.15) is 34.2 Å². The minimum Gasteiger partial charge on any atom is -0.480 e. The van der Waals surface area contributed by atoms with E-state index in [0.29, 0.717) is 17.5 Å². The van der Waals surface area contributed by atoms with Crippen molar-refractivity contribution in [1.29, 1.82) is 0 Å². The van der Waals surface area contributed by atoms with Gasteiger partial charge in [0.1, 0.15) is 23.5 Å². The number of amides is 1. The Labute approximate surface area is 206 Å². The number of aromatic amines is 1. The summed E-state index contributed by atoms with van der Waals surface area (Å²) in [6.45, 7) is 1.37. The smallest absolute Gasteiger partial charge is 0.325 e. The van der Waals surface area contributed by atoms with Crippen molar-refractivity contribution in [2.75, 3.05) is 0 Å². The van der Waals surface area contributed by atoms with Gasteiger partial charge in [-0.25, -0.2) is 13.8 Å². The van der Waals surface area contributed by atoms with Crippen molar-refractivity contribution in [3.05, 3.63) is 113 Å². The molecule has 1 amide bonds. The third kappa shape index (κ3) is 5.90. The summed E-state index contributed by atoms with van der Waals surface area (Å²) in [6.07, 6.45) is 5.72. The highest BCUT2D eigenvalue weighted by Crippen LogP contribution is 2.29. The number of carboxylic acids is 1. The van der Waals surface area contributed by atoms with Crippen molar-refractivity contribution < 1.29 is 23.5 Å². The van der Waals surface area contributed by atoms with E-state index in [2.05, 4.69) is 15.3 Å². The lowest BCUT2D eigenvalue weighted by atomic mass is 9.94. The molecule has 4 aromatic rings. The molecule has 0 radical (unpaired) electrons. The van der Waals surface area contributed by atoms with E-state index in [1.165, 1.54) is 31.2 Å². The maximum absolute atomic E-state index is 13.6. The van der Waals surface area contributed by atoms with Gasteiger partial charge < -0.3 is 15.4 Å². The number of rotatable bonds is 8. The third-order valence-electron chi connectivity index (χ3n) is 5.63. The summed E-state index contributed by atoms with van der Waals surface area (Å²) in [4.78, 5) is 31.5. The van der Waals surface area contributed by atoms with E-state index in [1.807, 2.05) is 6.08 Å². The second-order valence-electron chi connectivity index (χ2n) is 8.23. The standard InChI is InChI=1S/C28H23F2N3O3/c1-17(28(35)36)33-27(34)24-11-2-18(15-25(24)20-5-9-23(30)10-6-20)14-21(16-26-31-12-13-32-26)19-3-7-22(29)8-4-19/h2-15,17H,16H2,1H3,(H,31,32)(H,33,34)(H,35,36)/t17-/m0/s1. The van der Waals surface area contributed by atoms with Crippen molar-refractivity contribution in [2.45, 2.75) is 19.4 Å². The number of H-pyrrole nitrogens is 1. The molecule has 3 aromatic carbocycles. The van der Waals surface area contributed by atoms with Gasteiger partial charge >= 0.3 is 5.97 Å². The Morgan fingerprint density at radius 3 is 2.31 bits per heavy atom. The molecule has 6 nitrogen and oxygen atoms in total. The van der Waals surface area contributed by atoms with Crippen LogP contribution in [0.4, 0.5) is 8.78 Å². The average Bonchev–Trinajstić information content (AvgIpc) is 3.37. The number of allylic oxidation sites excluding steroid dienone is 1. The van der Waals surface area contributed by atoms with Gasteiger partial charge in [-0.05, 0) is 71.1 Å². The molecule has 0 bridgehead atoms. The maximum Gasteiger partial charge on any atom is 0.325 e. The highest BCUT2D eigenvalue weighted by atomic mass is 19.1. The topological polar surface area (TPSA) is 95.1 Å². The monoisotopic (exact) mass is 487 g/mol. The van der Waals surface area contributed by atoms with E-state index in [-0.39, 0.29) is 11.4 Å². The number of carbonyl (C=O) groups is 2. The number of carboxylic acid groups (broad SMARTS) is 1. The lowest BCUT2D eigenvalue weighted by Gasteiger charge is -2.14. The SMILES string of the molecule is C[C@H](NC(=O)c1ccc(C=C(Cc2ncc[nH]2)c2ccc(F)cc2)cc1-c1ccc(F)cc1)C(=O)O. The minimum atomic E-state index is -1.16. The molecule has 0 unspecified atom stereocenters. The Balaban J connectivity index is 1.79. The van der Waals surface area contributed by atoms with Gasteiger partial charge in [-0.3, -0.25) is 9.59 Å². The fraction of sp³-hybridized carbons (Fsp3) is 0.107. The zero-order valence-corrected chi connectivity index (χ0v) is 19.3. The van der Waals surface area contributed by atoms with E-state index in [1.54, 1.807) is 54.9 Å². The lowest BCUT2D eigenvalue weighted by Crippen LogP contribution is -2.38. The number of hydrogen-bond donors (Lipinski definition) is 3. The number of aromatic nitrogens is 2. The fourth-order valence-electron chi connectivity index (χ4n) is 3.73. The van der Waals surface area contributed by atoms with Crippen molar-refractivity contribution in [1.82, 2.24) is 15.3 Å². The lowest BCUT2D eigenvalue weighted by molar-refractivity contribution is -0.138. The molecule has 0 saturated carbocycles. The molecule has 4 rings (SSSR count). The van der Waals surface area contributed by atoms with Crippen molar-refractivity contribution in [3.63, 3.8) is 0 Å². The largest absolute Gasteiger partial charge is 0.480 e. The Bertz CT molecular complexity index is 1400. The van der Waals surface area contributed by atoms with E-state index < -0.39 is 23.7 Å². The molecule has 182 valence electrons. The first-order chi connectivity index (χ1) is 17.3. The van der Waals surface area contributed by atoms with Crippen LogP contribution in [0.2, 0.25) is 0 Å². The van der Waals surface area contributed by atoms with Gasteiger partial charge in [0.25, 0.3) is 5.91 Å². The Hall–Kier alpha value is -4.59. The molecule has 1 heterocycles. The molecule has 0 saturated heterocycles. The molecule has 1 aromatic heterocycles. The number of aliphatic carboxylic acids is 1. The summed E-state index contributed by atoms with van der Waals surface area (Å²) in [7, 11) is 0. The number of imidazole rings is 1. The van der Waals surface area contributed by atoms with E-state index >= 15 is 0 Å². The van der Waals surface area contributed by atoms with E-state index in [0.717, 1.165) is 22.5 Å². The highest BCUT2D eigenvalue weighted by molar-refractivity contribution is 6.03. The van der Waals surface area contributed by atoms with Crippen LogP contribution in [0, 0.1) is 11.6 Å². The first-order valence-corrected chi connectivity index (χ1v) is 11.2. The predicted octanol–water partition coefficient (Wildman–Crippen LogP) is 5.34. The number of hydrogen-bond acceptors (Lipinski definition) is 3. The van der Waals surface area contributed by atoms with Gasteiger partial charge in [-0.1, -0.05) is 36.4 Å². The maximum atomic E-state index is 13.6. The van der Waals surface area contributed by atoms with Crippen molar-refractivity contribution in [3.8, 4) is 11.1 Å². The highest BCUT2D eigenvalue weighted by Gasteiger charge is 2.19. The second-order valence-corrected chi connectivity index (χ2v) is 8.23. The van der Waals surface area contributed by atoms with Gasteiger partial charge in [0, 0.05) is 24.4 Å². The van der Waals surface area contributed by atoms with Gasteiger partial charge in [-0.15, -0.1) is 0 Å². The van der Waals surface area contributed by atoms with Crippen molar-refractivity contribution >= 4 is 23.5 Å². The fourth-order valence-corrected chi connectivity index (χ4v) is 3.73. The molecule has 3 N–H and O–H groups in total. The van der Waals surface area contributed by atoms with Crippen LogP contribution in [-0.4, -0.2) is 33.0 Å². The zero-order chi connectivity index (χ0) is 25.7. The van der Waals surface area contributed by atoms with Crippen LogP contribution < -0.4 is 5.32 Å². The molecule has 0 aliphatic heterocycles. The number of nitrogens with zero attached hydrogens (tertiary/aromatic N) is 1. The van der Waals surface area contributed by atoms with Crippen LogP contribution in [0.25, 0.3) is 22.8 Å². The first kappa shape index (κ1) is 24.5. The molecular formula is C28H23F2N3O3. The Morgan fingerprint density at radius 2 is 1.69 bits per heavy atom. The summed E-state index contributed by atoms with van der Waals surface area (Å²) in [6, 6.07) is 15.8. The van der Waals surface area contributed by atoms with Crippen LogP contribution in [0.3, 0.4) is 0 Å². The molecule has 0 aliphatic rings. The van der Waals surface area contributed by atoms with Crippen LogP contribution >= 0.6 is 0 Å². The van der Waals surface area contributed by atoms with Crippen LogP contribution in [0.15, 0.2) is 79.1 Å². The number of carbonyl (C=O) groups excluding carboxylic acids is 1. The first-order valence-electron chi connectivity index (χ1n) is 11.2. The average molecular weight is 488 g/mol. The summed E-state index contributed by atoms with van der Waals surface area (Å²) >= 11 is 0. The second kappa shape index (κ2) is 10.8. The van der Waals surface area contributed by atoms with E-state index in [9.17, 15) is 23.5 Å². The van der Waals surface area contributed by atoms with Crippen LogP contribution in [0.5, 0.6) is 0 Å². The number of halogens is 2. The van der Waals surface area contributed by atoms with Gasteiger partial charge in [-0.2, -0.15) is 0 Å². The Morgan fingerprint density at radius 1 is 1.03 bits per heavy atom.